The van der Waals surface area contributed by atoms with E-state index in [0.29, 0.717) is 23.9 Å². The highest BCUT2D eigenvalue weighted by Crippen LogP contribution is 2.40. The molecule has 0 bridgehead atoms. The van der Waals surface area contributed by atoms with Gasteiger partial charge in [0.1, 0.15) is 5.54 Å². The van der Waals surface area contributed by atoms with Crippen molar-refractivity contribution in [3.05, 3.63) is 43.8 Å². The van der Waals surface area contributed by atoms with Gasteiger partial charge in [0.2, 0.25) is 5.91 Å². The Morgan fingerprint density at radius 3 is 1.37 bits per heavy atom. The molecule has 2 aromatic rings. The first-order chi connectivity index (χ1) is 28.3. The topological polar surface area (TPSA) is 116 Å². The smallest absolute Gasteiger partial charge is 0.325 e. The van der Waals surface area contributed by atoms with Crippen molar-refractivity contribution in [1.82, 2.24) is 19.6 Å². The SMILES string of the molecule is CC(C)(C(N)=O)N1CCC(c2cc(C(=O)N3CCCC4CCCCC43)cs2)CC1.COC(=O)C(C)(C)N1CCC(c2cc(C(=O)N3CCCC4CCCCC43)cs2)CC1. The molecule has 4 unspecified atom stereocenters. The Balaban J connectivity index is 0.000000179. The van der Waals surface area contributed by atoms with Crippen LogP contribution >= 0.6 is 22.7 Å². The molecular formula is C47H71N5O5S2. The number of amides is 3. The lowest BCUT2D eigenvalue weighted by molar-refractivity contribution is -0.154. The second kappa shape index (κ2) is 19.1. The lowest BCUT2D eigenvalue weighted by Gasteiger charge is -2.44. The molecule has 2 N–H and O–H groups in total. The minimum absolute atomic E-state index is 0.174. The normalized spacial score (nSPS) is 26.6. The molecule has 10 nitrogen and oxygen atoms in total. The van der Waals surface area contributed by atoms with E-state index < -0.39 is 11.1 Å². The van der Waals surface area contributed by atoms with Gasteiger partial charge in [-0.3, -0.25) is 29.0 Å². The van der Waals surface area contributed by atoms with Crippen molar-refractivity contribution < 1.29 is 23.9 Å². The lowest BCUT2D eigenvalue weighted by Crippen LogP contribution is -2.55. The monoisotopic (exact) mass is 849 g/mol. The third kappa shape index (κ3) is 9.66. The van der Waals surface area contributed by atoms with Gasteiger partial charge in [-0.15, -0.1) is 22.7 Å². The maximum Gasteiger partial charge on any atom is 0.325 e. The zero-order valence-corrected chi connectivity index (χ0v) is 38.2. The number of likely N-dealkylation sites (tertiary alicyclic amines) is 4. The number of esters is 1. The van der Waals surface area contributed by atoms with Crippen LogP contribution in [0.25, 0.3) is 0 Å². The fourth-order valence-electron chi connectivity index (χ4n) is 11.4. The second-order valence-corrected chi connectivity index (χ2v) is 21.4. The van der Waals surface area contributed by atoms with Crippen molar-refractivity contribution in [2.75, 3.05) is 46.4 Å². The quantitative estimate of drug-likeness (QED) is 0.265. The van der Waals surface area contributed by atoms with Gasteiger partial charge in [0.25, 0.3) is 11.8 Å². The average molecular weight is 850 g/mol. The van der Waals surface area contributed by atoms with Crippen molar-refractivity contribution >= 4 is 46.4 Å². The van der Waals surface area contributed by atoms with E-state index in [0.717, 1.165) is 101 Å². The second-order valence-electron chi connectivity index (χ2n) is 19.5. The first-order valence-electron chi connectivity index (χ1n) is 23.0. The maximum absolute atomic E-state index is 13.3. The predicted octanol–water partition coefficient (Wildman–Crippen LogP) is 8.66. The van der Waals surface area contributed by atoms with Gasteiger partial charge in [-0.2, -0.15) is 0 Å². The molecule has 4 aliphatic heterocycles. The predicted molar refractivity (Wildman–Crippen MR) is 237 cm³/mol. The zero-order chi connectivity index (χ0) is 41.9. The molecule has 12 heteroatoms. The van der Waals surface area contributed by atoms with E-state index in [4.69, 9.17) is 10.5 Å². The molecule has 2 aliphatic carbocycles. The number of primary amides is 1. The molecule has 0 radical (unpaired) electrons. The first kappa shape index (κ1) is 44.3. The molecule has 2 saturated carbocycles. The first-order valence-corrected chi connectivity index (χ1v) is 24.7. The van der Waals surface area contributed by atoms with Gasteiger partial charge in [-0.1, -0.05) is 25.7 Å². The van der Waals surface area contributed by atoms with Crippen molar-refractivity contribution in [3.8, 4) is 0 Å². The molecule has 4 atom stereocenters. The molecule has 2 aromatic heterocycles. The van der Waals surface area contributed by atoms with Crippen molar-refractivity contribution in [3.63, 3.8) is 0 Å². The number of carbonyl (C=O) groups excluding carboxylic acids is 4. The number of methoxy groups -OCH3 is 1. The molecule has 8 rings (SSSR count). The minimum Gasteiger partial charge on any atom is -0.468 e. The maximum atomic E-state index is 13.3. The van der Waals surface area contributed by atoms with Crippen LogP contribution in [-0.4, -0.2) is 113 Å². The van der Waals surface area contributed by atoms with Gasteiger partial charge < -0.3 is 20.3 Å². The van der Waals surface area contributed by atoms with Crippen LogP contribution in [0.1, 0.15) is 173 Å². The summed E-state index contributed by atoms with van der Waals surface area (Å²) in [4.78, 5) is 61.9. The summed E-state index contributed by atoms with van der Waals surface area (Å²) in [6, 6.07) is 5.24. The number of thiophene rings is 2. The molecule has 3 amide bonds. The molecule has 59 heavy (non-hydrogen) atoms. The number of nitrogens with zero attached hydrogens (tertiary/aromatic N) is 4. The molecular weight excluding hydrogens is 779 g/mol. The Bertz CT molecular complexity index is 1770. The number of piperidine rings is 4. The van der Waals surface area contributed by atoms with Gasteiger partial charge in [-0.25, -0.2) is 0 Å². The molecule has 326 valence electrons. The standard InChI is InChI=1S/C24H36N2O3S.C23H35N3O2S/c1-24(2,23(28)29-3)25-13-10-18(11-14-25)21-15-19(16-30-21)22(27)26-12-6-8-17-7-4-5-9-20(17)26;1-23(2,22(24)28)25-12-9-17(10-13-25)20-14-18(15-29-20)21(27)26-11-5-7-16-6-3-4-8-19(16)26/h15-18,20H,4-14H2,1-3H3;14-17,19H,3-13H2,1-2H3,(H2,24,28). The van der Waals surface area contributed by atoms with Crippen LogP contribution in [0.3, 0.4) is 0 Å². The highest BCUT2D eigenvalue weighted by Gasteiger charge is 2.41. The number of hydrogen-bond acceptors (Lipinski definition) is 9. The Hall–Kier alpha value is -2.80. The van der Waals surface area contributed by atoms with Gasteiger partial charge in [0, 0.05) is 45.7 Å². The van der Waals surface area contributed by atoms with Gasteiger partial charge >= 0.3 is 5.97 Å². The Labute approximate surface area is 361 Å². The number of rotatable bonds is 8. The fraction of sp³-hybridized carbons (Fsp3) is 0.745. The molecule has 0 aromatic carbocycles. The number of hydrogen-bond donors (Lipinski definition) is 1. The van der Waals surface area contributed by atoms with Crippen LogP contribution in [0.2, 0.25) is 0 Å². The van der Waals surface area contributed by atoms with E-state index in [2.05, 4.69) is 42.5 Å². The van der Waals surface area contributed by atoms with E-state index in [1.54, 1.807) is 22.7 Å². The van der Waals surface area contributed by atoms with E-state index in [1.807, 2.05) is 27.7 Å². The summed E-state index contributed by atoms with van der Waals surface area (Å²) in [6.45, 7) is 13.1. The summed E-state index contributed by atoms with van der Waals surface area (Å²) in [5.74, 6) is 2.45. The summed E-state index contributed by atoms with van der Waals surface area (Å²) in [7, 11) is 1.46. The summed E-state index contributed by atoms with van der Waals surface area (Å²) in [5, 5.41) is 4.15. The number of fused-ring (bicyclic) bond motifs is 2. The van der Waals surface area contributed by atoms with Crippen LogP contribution in [-0.2, 0) is 14.3 Å². The minimum atomic E-state index is -0.591. The van der Waals surface area contributed by atoms with E-state index >= 15 is 0 Å². The van der Waals surface area contributed by atoms with Crippen LogP contribution < -0.4 is 5.73 Å². The molecule has 4 saturated heterocycles. The molecule has 0 spiro atoms. The van der Waals surface area contributed by atoms with Crippen LogP contribution in [0.15, 0.2) is 22.9 Å². The van der Waals surface area contributed by atoms with Crippen LogP contribution in [0, 0.1) is 11.8 Å². The van der Waals surface area contributed by atoms with Crippen LogP contribution in [0.4, 0.5) is 0 Å². The molecule has 6 fully saturated rings. The van der Waals surface area contributed by atoms with Crippen molar-refractivity contribution in [2.45, 2.75) is 165 Å². The van der Waals surface area contributed by atoms with Crippen molar-refractivity contribution in [1.29, 1.82) is 0 Å². The number of carbonyl (C=O) groups is 4. The Morgan fingerprint density at radius 1 is 0.576 bits per heavy atom. The average Bonchev–Trinajstić information content (AvgIpc) is 3.97. The highest BCUT2D eigenvalue weighted by atomic mass is 32.1. The third-order valence-corrected chi connectivity index (χ3v) is 17.6. The largest absolute Gasteiger partial charge is 0.468 e. The van der Waals surface area contributed by atoms with E-state index in [-0.39, 0.29) is 23.7 Å². The zero-order valence-electron chi connectivity index (χ0n) is 36.6. The number of nitrogens with two attached hydrogens (primary N) is 1. The number of ether oxygens (including phenoxy) is 1. The summed E-state index contributed by atoms with van der Waals surface area (Å²) >= 11 is 3.47. The van der Waals surface area contributed by atoms with Crippen molar-refractivity contribution in [2.24, 2.45) is 17.6 Å². The van der Waals surface area contributed by atoms with Gasteiger partial charge in [-0.05, 0) is 167 Å². The van der Waals surface area contributed by atoms with E-state index in [1.165, 1.54) is 81.1 Å². The Morgan fingerprint density at radius 2 is 0.966 bits per heavy atom. The summed E-state index contributed by atoms with van der Waals surface area (Å²) in [5.41, 5.74) is 6.18. The fourth-order valence-corrected chi connectivity index (χ4v) is 13.5. The molecule has 6 heterocycles. The summed E-state index contributed by atoms with van der Waals surface area (Å²) < 4.78 is 4.98. The van der Waals surface area contributed by atoms with Gasteiger partial charge in [0.15, 0.2) is 0 Å². The third-order valence-electron chi connectivity index (χ3n) is 15.4. The van der Waals surface area contributed by atoms with E-state index in [9.17, 15) is 19.2 Å². The summed E-state index contributed by atoms with van der Waals surface area (Å²) in [6.07, 6.45) is 19.1. The highest BCUT2D eigenvalue weighted by molar-refractivity contribution is 7.10. The van der Waals surface area contributed by atoms with Crippen LogP contribution in [0.5, 0.6) is 0 Å². The lowest BCUT2D eigenvalue weighted by atomic mass is 9.78. The van der Waals surface area contributed by atoms with Gasteiger partial charge in [0.05, 0.1) is 23.8 Å². The Kier molecular flexibility index (Phi) is 14.3. The molecule has 6 aliphatic rings.